The van der Waals surface area contributed by atoms with E-state index in [1.54, 1.807) is 18.2 Å². The summed E-state index contributed by atoms with van der Waals surface area (Å²) in [5, 5.41) is 15.7. The van der Waals surface area contributed by atoms with Gasteiger partial charge in [-0.1, -0.05) is 47.5 Å². The molecule has 1 aliphatic carbocycles. The Hall–Kier alpha value is -3.07. The minimum Gasteiger partial charge on any atom is -0.378 e. The van der Waals surface area contributed by atoms with E-state index < -0.39 is 14.9 Å². The zero-order chi connectivity index (χ0) is 24.0. The Morgan fingerprint density at radius 1 is 1.03 bits per heavy atom. The number of sulfonamides is 1. The minimum atomic E-state index is -3.96. The fraction of sp³-hybridized carbons (Fsp3) is 0.167. The number of allylic oxidation sites excluding steroid dienone is 2. The molecule has 0 radical (unpaired) electrons. The van der Waals surface area contributed by atoms with Crippen molar-refractivity contribution in [2.75, 3.05) is 10.0 Å². The molecule has 0 fully saturated rings. The molecule has 1 aliphatic heterocycles. The third kappa shape index (κ3) is 4.13. The first-order chi connectivity index (χ1) is 16.2. The average Bonchev–Trinajstić information content (AvgIpc) is 3.29. The number of rotatable bonds is 5. The van der Waals surface area contributed by atoms with Gasteiger partial charge in [0, 0.05) is 33.8 Å². The number of benzene rings is 3. The SMILES string of the molecule is O=[N+]([O-])c1cccc(NS(=O)(=O)c2ccc3c(c2)[C@H]2C=CC[C@H]2[C@@H](c2ccc(Cl)cc2Cl)N3)c1. The van der Waals surface area contributed by atoms with Crippen molar-refractivity contribution in [3.63, 3.8) is 0 Å². The number of halogens is 2. The topological polar surface area (TPSA) is 101 Å². The second kappa shape index (κ2) is 8.61. The number of hydrogen-bond acceptors (Lipinski definition) is 5. The molecule has 34 heavy (non-hydrogen) atoms. The Morgan fingerprint density at radius 2 is 1.85 bits per heavy atom. The summed E-state index contributed by atoms with van der Waals surface area (Å²) >= 11 is 12.6. The van der Waals surface area contributed by atoms with E-state index in [0.29, 0.717) is 10.0 Å². The van der Waals surface area contributed by atoms with Crippen LogP contribution in [-0.2, 0) is 10.0 Å². The molecule has 5 rings (SSSR count). The monoisotopic (exact) mass is 515 g/mol. The first-order valence-corrected chi connectivity index (χ1v) is 12.8. The van der Waals surface area contributed by atoms with E-state index in [4.69, 9.17) is 23.2 Å². The quantitative estimate of drug-likeness (QED) is 0.228. The summed E-state index contributed by atoms with van der Waals surface area (Å²) in [6.45, 7) is 0. The van der Waals surface area contributed by atoms with Crippen LogP contribution in [0.4, 0.5) is 17.1 Å². The molecule has 0 bridgehead atoms. The standard InChI is InChI=1S/C24H19Cl2N3O4S/c25-14-7-9-20(22(26)11-14)24-19-6-2-5-18(19)21-13-17(8-10-23(21)27-24)34(32,33)28-15-3-1-4-16(12-15)29(30)31/h1-5,7-13,18-19,24,27-28H,6H2/t18-,19+,24-/m0/s1. The lowest BCUT2D eigenvalue weighted by Gasteiger charge is -2.38. The Balaban J connectivity index is 1.48. The maximum atomic E-state index is 13.1. The molecule has 0 saturated heterocycles. The molecular formula is C24H19Cl2N3O4S. The van der Waals surface area contributed by atoms with Gasteiger partial charge in [-0.2, -0.15) is 0 Å². The first kappa shape index (κ1) is 22.7. The predicted molar refractivity (Wildman–Crippen MR) is 133 cm³/mol. The number of nitro groups is 1. The fourth-order valence-electron chi connectivity index (χ4n) is 4.70. The zero-order valence-corrected chi connectivity index (χ0v) is 19.9. The number of hydrogen-bond donors (Lipinski definition) is 2. The maximum Gasteiger partial charge on any atom is 0.271 e. The summed E-state index contributed by atoms with van der Waals surface area (Å²) in [5.74, 6) is 0.176. The number of nitro benzene ring substituents is 1. The Kier molecular flexibility index (Phi) is 5.75. The van der Waals surface area contributed by atoms with Crippen LogP contribution in [0.15, 0.2) is 77.7 Å². The third-order valence-electron chi connectivity index (χ3n) is 6.25. The van der Waals surface area contributed by atoms with E-state index in [2.05, 4.69) is 22.2 Å². The van der Waals surface area contributed by atoms with Gasteiger partial charge in [0.2, 0.25) is 0 Å². The molecule has 0 unspecified atom stereocenters. The summed E-state index contributed by atoms with van der Waals surface area (Å²) in [6.07, 6.45) is 5.03. The van der Waals surface area contributed by atoms with Gasteiger partial charge in [-0.3, -0.25) is 14.8 Å². The van der Waals surface area contributed by atoms with Crippen LogP contribution in [0.1, 0.15) is 29.5 Å². The van der Waals surface area contributed by atoms with Crippen molar-refractivity contribution in [3.8, 4) is 0 Å². The van der Waals surface area contributed by atoms with E-state index >= 15 is 0 Å². The summed E-state index contributed by atoms with van der Waals surface area (Å²) in [7, 11) is -3.96. The van der Waals surface area contributed by atoms with Gasteiger partial charge in [-0.05, 0) is 59.9 Å². The van der Waals surface area contributed by atoms with E-state index in [9.17, 15) is 18.5 Å². The number of nitrogens with one attached hydrogen (secondary N) is 2. The summed E-state index contributed by atoms with van der Waals surface area (Å²) in [6, 6.07) is 15.7. The number of non-ortho nitro benzene ring substituents is 1. The van der Waals surface area contributed by atoms with Crippen LogP contribution in [-0.4, -0.2) is 13.3 Å². The first-order valence-electron chi connectivity index (χ1n) is 10.5. The number of anilines is 2. The van der Waals surface area contributed by atoms with Crippen LogP contribution in [0.5, 0.6) is 0 Å². The number of fused-ring (bicyclic) bond motifs is 3. The lowest BCUT2D eigenvalue weighted by atomic mass is 9.77. The minimum absolute atomic E-state index is 0.0148. The summed E-state index contributed by atoms with van der Waals surface area (Å²) in [4.78, 5) is 10.5. The summed E-state index contributed by atoms with van der Waals surface area (Å²) in [5.41, 5.74) is 2.58. The van der Waals surface area contributed by atoms with E-state index in [-0.39, 0.29) is 34.1 Å². The smallest absolute Gasteiger partial charge is 0.271 e. The van der Waals surface area contributed by atoms with Crippen molar-refractivity contribution >= 4 is 50.3 Å². The molecule has 3 atom stereocenters. The van der Waals surface area contributed by atoms with Crippen LogP contribution in [0.25, 0.3) is 0 Å². The zero-order valence-electron chi connectivity index (χ0n) is 17.6. The van der Waals surface area contributed by atoms with Crippen molar-refractivity contribution in [2.45, 2.75) is 23.3 Å². The highest BCUT2D eigenvalue weighted by Gasteiger charge is 2.39. The average molecular weight is 516 g/mol. The van der Waals surface area contributed by atoms with E-state index in [0.717, 1.165) is 23.2 Å². The van der Waals surface area contributed by atoms with Crippen molar-refractivity contribution in [1.82, 2.24) is 0 Å². The highest BCUT2D eigenvalue weighted by Crippen LogP contribution is 2.51. The summed E-state index contributed by atoms with van der Waals surface area (Å²) < 4.78 is 28.6. The molecule has 2 aliphatic rings. The van der Waals surface area contributed by atoms with Crippen molar-refractivity contribution in [3.05, 3.63) is 104 Å². The van der Waals surface area contributed by atoms with Crippen molar-refractivity contribution in [1.29, 1.82) is 0 Å². The fourth-order valence-corrected chi connectivity index (χ4v) is 6.31. The number of nitrogens with zero attached hydrogens (tertiary/aromatic N) is 1. The molecule has 174 valence electrons. The maximum absolute atomic E-state index is 13.1. The van der Waals surface area contributed by atoms with E-state index in [1.807, 2.05) is 12.1 Å². The Morgan fingerprint density at radius 3 is 2.62 bits per heavy atom. The molecule has 1 heterocycles. The lowest BCUT2D eigenvalue weighted by Crippen LogP contribution is -2.29. The Labute approximate surface area is 206 Å². The van der Waals surface area contributed by atoms with Crippen LogP contribution >= 0.6 is 23.2 Å². The molecule has 0 amide bonds. The predicted octanol–water partition coefficient (Wildman–Crippen LogP) is 6.53. The Bertz CT molecular complexity index is 1440. The molecular weight excluding hydrogens is 497 g/mol. The van der Waals surface area contributed by atoms with Gasteiger partial charge in [0.25, 0.3) is 15.7 Å². The van der Waals surface area contributed by atoms with Gasteiger partial charge in [0.15, 0.2) is 0 Å². The molecule has 0 spiro atoms. The van der Waals surface area contributed by atoms with Crippen molar-refractivity contribution < 1.29 is 13.3 Å². The van der Waals surface area contributed by atoms with Crippen molar-refractivity contribution in [2.24, 2.45) is 5.92 Å². The lowest BCUT2D eigenvalue weighted by molar-refractivity contribution is -0.384. The van der Waals surface area contributed by atoms with Crippen LogP contribution in [0.3, 0.4) is 0 Å². The van der Waals surface area contributed by atoms with Gasteiger partial charge in [-0.25, -0.2) is 8.42 Å². The van der Waals surface area contributed by atoms with Gasteiger partial charge < -0.3 is 5.32 Å². The molecule has 10 heteroatoms. The largest absolute Gasteiger partial charge is 0.378 e. The third-order valence-corrected chi connectivity index (χ3v) is 8.19. The molecule has 2 N–H and O–H groups in total. The highest BCUT2D eigenvalue weighted by atomic mass is 35.5. The molecule has 7 nitrogen and oxygen atoms in total. The van der Waals surface area contributed by atoms with Gasteiger partial charge >= 0.3 is 0 Å². The second-order valence-electron chi connectivity index (χ2n) is 8.30. The van der Waals surface area contributed by atoms with Crippen LogP contribution in [0, 0.1) is 16.0 Å². The normalized spacial score (nSPS) is 20.8. The molecule has 0 aromatic heterocycles. The van der Waals surface area contributed by atoms with Gasteiger partial charge in [0.1, 0.15) is 0 Å². The van der Waals surface area contributed by atoms with E-state index in [1.165, 1.54) is 30.3 Å². The molecule has 3 aromatic carbocycles. The van der Waals surface area contributed by atoms with Gasteiger partial charge in [0.05, 0.1) is 21.5 Å². The van der Waals surface area contributed by atoms with Crippen LogP contribution in [0.2, 0.25) is 10.0 Å². The highest BCUT2D eigenvalue weighted by molar-refractivity contribution is 7.92. The van der Waals surface area contributed by atoms with Crippen LogP contribution < -0.4 is 10.0 Å². The van der Waals surface area contributed by atoms with Gasteiger partial charge in [-0.15, -0.1) is 0 Å². The molecule has 0 saturated carbocycles. The second-order valence-corrected chi connectivity index (χ2v) is 10.8. The molecule has 3 aromatic rings.